The lowest BCUT2D eigenvalue weighted by Gasteiger charge is -2.08. The van der Waals surface area contributed by atoms with E-state index in [4.69, 9.17) is 20.9 Å². The van der Waals surface area contributed by atoms with Gasteiger partial charge in [-0.2, -0.15) is 0 Å². The van der Waals surface area contributed by atoms with Crippen LogP contribution in [0.25, 0.3) is 11.3 Å². The molecule has 0 atom stereocenters. The molecule has 1 aromatic heterocycles. The molecule has 1 N–H and O–H groups in total. The molecule has 134 valence electrons. The summed E-state index contributed by atoms with van der Waals surface area (Å²) in [6.07, 6.45) is 0. The van der Waals surface area contributed by atoms with E-state index in [1.54, 1.807) is 32.2 Å². The molecular formula is C19H16ClFN2O3. The van der Waals surface area contributed by atoms with E-state index in [0.29, 0.717) is 12.3 Å². The Morgan fingerprint density at radius 1 is 1.31 bits per heavy atom. The van der Waals surface area contributed by atoms with Crippen molar-refractivity contribution in [2.45, 2.75) is 13.5 Å². The van der Waals surface area contributed by atoms with Gasteiger partial charge in [-0.3, -0.25) is 4.79 Å². The maximum atomic E-state index is 14.2. The number of carbonyl (C=O) groups is 1. The van der Waals surface area contributed by atoms with Crippen LogP contribution in [0, 0.1) is 12.7 Å². The number of hydrogen-bond acceptors (Lipinski definition) is 4. The van der Waals surface area contributed by atoms with Gasteiger partial charge >= 0.3 is 0 Å². The van der Waals surface area contributed by atoms with Gasteiger partial charge in [0.1, 0.15) is 22.8 Å². The second kappa shape index (κ2) is 7.68. The molecule has 0 unspecified atom stereocenters. The number of rotatable bonds is 5. The van der Waals surface area contributed by atoms with Crippen LogP contribution in [0.15, 0.2) is 47.0 Å². The van der Waals surface area contributed by atoms with Crippen LogP contribution in [-0.2, 0) is 11.3 Å². The fourth-order valence-corrected chi connectivity index (χ4v) is 2.89. The zero-order valence-electron chi connectivity index (χ0n) is 14.2. The van der Waals surface area contributed by atoms with Gasteiger partial charge in [0.25, 0.3) is 5.91 Å². The zero-order chi connectivity index (χ0) is 18.7. The quantitative estimate of drug-likeness (QED) is 0.694. The van der Waals surface area contributed by atoms with Crippen molar-refractivity contribution in [1.82, 2.24) is 5.16 Å². The molecule has 0 aliphatic carbocycles. The average Bonchev–Trinajstić information content (AvgIpc) is 2.97. The number of hydrogen-bond donors (Lipinski definition) is 1. The number of amides is 1. The van der Waals surface area contributed by atoms with Crippen LogP contribution < -0.4 is 5.32 Å². The summed E-state index contributed by atoms with van der Waals surface area (Å²) in [4.78, 5) is 12.8. The Kier molecular flexibility index (Phi) is 5.35. The van der Waals surface area contributed by atoms with Gasteiger partial charge in [-0.1, -0.05) is 35.0 Å². The van der Waals surface area contributed by atoms with Crippen molar-refractivity contribution in [3.05, 3.63) is 70.2 Å². The van der Waals surface area contributed by atoms with E-state index in [9.17, 15) is 9.18 Å². The molecule has 0 saturated heterocycles. The third kappa shape index (κ3) is 3.61. The predicted octanol–water partition coefficient (Wildman–Crippen LogP) is 4.84. The number of nitrogens with one attached hydrogen (secondary N) is 1. The molecular weight excluding hydrogens is 359 g/mol. The molecule has 1 amide bonds. The normalized spacial score (nSPS) is 10.8. The standard InChI is InChI=1S/C19H16ClFN2O3/c1-11-16(18(23-26-11)17-14(20)7-4-8-15(17)21)19(24)22-13-6-3-5-12(9-13)10-25-2/h3-9H,10H2,1-2H3,(H,22,24). The number of anilines is 1. The van der Waals surface area contributed by atoms with E-state index in [1.807, 2.05) is 6.07 Å². The molecule has 0 aliphatic heterocycles. The molecule has 1 heterocycles. The molecule has 2 aromatic carbocycles. The Bertz CT molecular complexity index is 935. The summed E-state index contributed by atoms with van der Waals surface area (Å²) in [5.74, 6) is -0.778. The Balaban J connectivity index is 1.96. The summed E-state index contributed by atoms with van der Waals surface area (Å²) in [5, 5.41) is 6.76. The highest BCUT2D eigenvalue weighted by atomic mass is 35.5. The highest BCUT2D eigenvalue weighted by Gasteiger charge is 2.25. The van der Waals surface area contributed by atoms with Crippen LogP contribution in [0.4, 0.5) is 10.1 Å². The number of ether oxygens (including phenoxy) is 1. The van der Waals surface area contributed by atoms with E-state index >= 15 is 0 Å². The van der Waals surface area contributed by atoms with Crippen molar-refractivity contribution in [3.63, 3.8) is 0 Å². The topological polar surface area (TPSA) is 64.4 Å². The van der Waals surface area contributed by atoms with Gasteiger partial charge in [-0.15, -0.1) is 0 Å². The molecule has 26 heavy (non-hydrogen) atoms. The molecule has 3 aromatic rings. The Labute approximate surface area is 154 Å². The Morgan fingerprint density at radius 2 is 2.08 bits per heavy atom. The lowest BCUT2D eigenvalue weighted by molar-refractivity contribution is 0.102. The fraction of sp³-hybridized carbons (Fsp3) is 0.158. The average molecular weight is 375 g/mol. The number of halogens is 2. The number of benzene rings is 2. The first-order valence-electron chi connectivity index (χ1n) is 7.81. The monoisotopic (exact) mass is 374 g/mol. The van der Waals surface area contributed by atoms with Crippen LogP contribution in [0.5, 0.6) is 0 Å². The molecule has 7 heteroatoms. The van der Waals surface area contributed by atoms with Crippen molar-refractivity contribution in [1.29, 1.82) is 0 Å². The molecule has 0 radical (unpaired) electrons. The Morgan fingerprint density at radius 3 is 2.81 bits per heavy atom. The van der Waals surface area contributed by atoms with Crippen molar-refractivity contribution in [2.24, 2.45) is 0 Å². The summed E-state index contributed by atoms with van der Waals surface area (Å²) < 4.78 is 24.5. The fourth-order valence-electron chi connectivity index (χ4n) is 2.63. The lowest BCUT2D eigenvalue weighted by Crippen LogP contribution is -2.14. The number of carbonyl (C=O) groups excluding carboxylic acids is 1. The number of aromatic nitrogens is 1. The lowest BCUT2D eigenvalue weighted by atomic mass is 10.0. The first kappa shape index (κ1) is 18.1. The van der Waals surface area contributed by atoms with Gasteiger partial charge in [0.05, 0.1) is 17.2 Å². The van der Waals surface area contributed by atoms with Gasteiger partial charge in [-0.25, -0.2) is 4.39 Å². The van der Waals surface area contributed by atoms with Crippen LogP contribution in [0.3, 0.4) is 0 Å². The molecule has 3 rings (SSSR count). The van der Waals surface area contributed by atoms with Gasteiger partial charge in [-0.05, 0) is 36.8 Å². The smallest absolute Gasteiger partial charge is 0.261 e. The van der Waals surface area contributed by atoms with Crippen molar-refractivity contribution in [3.8, 4) is 11.3 Å². The van der Waals surface area contributed by atoms with Crippen molar-refractivity contribution in [2.75, 3.05) is 12.4 Å². The zero-order valence-corrected chi connectivity index (χ0v) is 14.9. The van der Waals surface area contributed by atoms with Gasteiger partial charge in [0, 0.05) is 12.8 Å². The van der Waals surface area contributed by atoms with Crippen LogP contribution in [0.1, 0.15) is 21.7 Å². The molecule has 5 nitrogen and oxygen atoms in total. The van der Waals surface area contributed by atoms with Crippen molar-refractivity contribution < 1.29 is 18.4 Å². The number of methoxy groups -OCH3 is 1. The summed E-state index contributed by atoms with van der Waals surface area (Å²) >= 11 is 6.10. The third-order valence-corrected chi connectivity index (χ3v) is 4.10. The maximum Gasteiger partial charge on any atom is 0.261 e. The second-order valence-electron chi connectivity index (χ2n) is 5.65. The van der Waals surface area contributed by atoms with Crippen LogP contribution in [-0.4, -0.2) is 18.2 Å². The first-order valence-corrected chi connectivity index (χ1v) is 8.19. The van der Waals surface area contributed by atoms with E-state index in [2.05, 4.69) is 10.5 Å². The van der Waals surface area contributed by atoms with Gasteiger partial charge < -0.3 is 14.6 Å². The molecule has 0 aliphatic rings. The molecule has 0 saturated carbocycles. The van der Waals surface area contributed by atoms with Crippen molar-refractivity contribution >= 4 is 23.2 Å². The summed E-state index contributed by atoms with van der Waals surface area (Å²) in [5.41, 5.74) is 1.72. The predicted molar refractivity (Wildman–Crippen MR) is 96.8 cm³/mol. The summed E-state index contributed by atoms with van der Waals surface area (Å²) in [7, 11) is 1.59. The van der Waals surface area contributed by atoms with E-state index in [-0.39, 0.29) is 27.6 Å². The largest absolute Gasteiger partial charge is 0.380 e. The van der Waals surface area contributed by atoms with E-state index in [1.165, 1.54) is 18.2 Å². The van der Waals surface area contributed by atoms with E-state index in [0.717, 1.165) is 5.56 Å². The minimum Gasteiger partial charge on any atom is -0.380 e. The first-order chi connectivity index (χ1) is 12.5. The molecule has 0 spiro atoms. The highest BCUT2D eigenvalue weighted by molar-refractivity contribution is 6.33. The van der Waals surface area contributed by atoms with Crippen LogP contribution >= 0.6 is 11.6 Å². The minimum absolute atomic E-state index is 0.0318. The summed E-state index contributed by atoms with van der Waals surface area (Å²) in [6.45, 7) is 2.01. The Hall–Kier alpha value is -2.70. The second-order valence-corrected chi connectivity index (χ2v) is 6.05. The minimum atomic E-state index is -0.582. The number of aryl methyl sites for hydroxylation is 1. The maximum absolute atomic E-state index is 14.2. The highest BCUT2D eigenvalue weighted by Crippen LogP contribution is 2.33. The molecule has 0 fully saturated rings. The molecule has 0 bridgehead atoms. The third-order valence-electron chi connectivity index (χ3n) is 3.79. The van der Waals surface area contributed by atoms with Crippen LogP contribution in [0.2, 0.25) is 5.02 Å². The van der Waals surface area contributed by atoms with E-state index < -0.39 is 11.7 Å². The SMILES string of the molecule is COCc1cccc(NC(=O)c2c(-c3c(F)cccc3Cl)noc2C)c1. The summed E-state index contributed by atoms with van der Waals surface area (Å²) in [6, 6.07) is 11.5. The van der Waals surface area contributed by atoms with Gasteiger partial charge in [0.2, 0.25) is 0 Å². The number of nitrogens with zero attached hydrogens (tertiary/aromatic N) is 1. The van der Waals surface area contributed by atoms with Gasteiger partial charge in [0.15, 0.2) is 0 Å².